The molecular formula is C31H35BrClN3O2. The number of likely N-dealkylation sites (tertiary alicyclic amines) is 2. The van der Waals surface area contributed by atoms with Crippen molar-refractivity contribution in [1.29, 1.82) is 0 Å². The molecule has 2 amide bonds. The molecule has 200 valence electrons. The molecule has 0 bridgehead atoms. The second-order valence-corrected chi connectivity index (χ2v) is 11.2. The average Bonchev–Trinajstić information content (AvgIpc) is 3.22. The topological polar surface area (TPSA) is 52.7 Å². The second kappa shape index (κ2) is 12.9. The van der Waals surface area contributed by atoms with Crippen LogP contribution in [0.5, 0.6) is 0 Å². The molecule has 2 saturated heterocycles. The largest absolute Gasteiger partial charge is 0.338 e. The second-order valence-electron chi connectivity index (χ2n) is 10.3. The summed E-state index contributed by atoms with van der Waals surface area (Å²) in [6.45, 7) is 4.17. The van der Waals surface area contributed by atoms with Crippen molar-refractivity contribution in [3.05, 3.63) is 101 Å². The summed E-state index contributed by atoms with van der Waals surface area (Å²) < 4.78 is 1.06. The lowest BCUT2D eigenvalue weighted by Gasteiger charge is -2.38. The van der Waals surface area contributed by atoms with E-state index in [1.54, 1.807) is 0 Å². The number of carbonyl (C=O) groups is 2. The Hall–Kier alpha value is -2.67. The summed E-state index contributed by atoms with van der Waals surface area (Å²) in [4.78, 5) is 31.1. The zero-order chi connectivity index (χ0) is 25.7. The molecule has 1 unspecified atom stereocenters. The lowest BCUT2D eigenvalue weighted by Crippen LogP contribution is -2.45. The Morgan fingerprint density at radius 1 is 0.868 bits per heavy atom. The van der Waals surface area contributed by atoms with Crippen molar-refractivity contribution >= 4 is 45.8 Å². The summed E-state index contributed by atoms with van der Waals surface area (Å²) in [6.07, 6.45) is 3.49. The summed E-state index contributed by atoms with van der Waals surface area (Å²) in [5.74, 6) is 0.131. The number of rotatable bonds is 8. The first kappa shape index (κ1) is 28.3. The smallest absolute Gasteiger partial charge is 0.231 e. The van der Waals surface area contributed by atoms with E-state index in [1.165, 1.54) is 5.56 Å². The quantitative estimate of drug-likeness (QED) is 0.323. The Morgan fingerprint density at radius 3 is 2.13 bits per heavy atom. The molecule has 2 aliphatic rings. The van der Waals surface area contributed by atoms with Gasteiger partial charge in [0.05, 0.1) is 11.3 Å². The lowest BCUT2D eigenvalue weighted by molar-refractivity contribution is -0.138. The van der Waals surface area contributed by atoms with E-state index < -0.39 is 0 Å². The van der Waals surface area contributed by atoms with Crippen LogP contribution in [0.15, 0.2) is 89.4 Å². The third kappa shape index (κ3) is 6.66. The molecule has 0 radical (unpaired) electrons. The van der Waals surface area contributed by atoms with Crippen LogP contribution in [0.3, 0.4) is 0 Å². The minimum absolute atomic E-state index is 0. The van der Waals surface area contributed by atoms with Crippen LogP contribution in [0.25, 0.3) is 0 Å². The molecule has 0 saturated carbocycles. The van der Waals surface area contributed by atoms with E-state index in [-0.39, 0.29) is 29.6 Å². The van der Waals surface area contributed by atoms with Gasteiger partial charge in [0.1, 0.15) is 0 Å². The van der Waals surface area contributed by atoms with Crippen LogP contribution in [0, 0.1) is 5.41 Å². The van der Waals surface area contributed by atoms with Gasteiger partial charge >= 0.3 is 0 Å². The monoisotopic (exact) mass is 595 g/mol. The highest BCUT2D eigenvalue weighted by atomic mass is 79.9. The fraction of sp³-hybridized carbons (Fsp3) is 0.355. The predicted molar refractivity (Wildman–Crippen MR) is 158 cm³/mol. The summed E-state index contributed by atoms with van der Waals surface area (Å²) in [5.41, 5.74) is 2.82. The van der Waals surface area contributed by atoms with Gasteiger partial charge in [-0.25, -0.2) is 0 Å². The van der Waals surface area contributed by atoms with Gasteiger partial charge in [-0.15, -0.1) is 12.4 Å². The van der Waals surface area contributed by atoms with Crippen LogP contribution in [0.2, 0.25) is 0 Å². The Balaban J connectivity index is 0.00000336. The van der Waals surface area contributed by atoms with Crippen molar-refractivity contribution in [2.75, 3.05) is 31.5 Å². The zero-order valence-electron chi connectivity index (χ0n) is 21.5. The number of halogens is 2. The number of hydrogen-bond donors (Lipinski definition) is 1. The summed E-state index contributed by atoms with van der Waals surface area (Å²) in [5, 5.41) is 3.09. The molecule has 3 aromatic rings. The maximum Gasteiger partial charge on any atom is 0.231 e. The highest BCUT2D eigenvalue weighted by Crippen LogP contribution is 2.42. The Kier molecular flexibility index (Phi) is 9.64. The van der Waals surface area contributed by atoms with Crippen LogP contribution < -0.4 is 5.32 Å². The number of nitrogens with one attached hydrogen (secondary N) is 1. The SMILES string of the molecule is Cl.O=C(Nc1ccccc1)C(CCN1CCC2(CC1)CCN(Cc1ccc(Br)cc1)C2=O)c1ccccc1. The zero-order valence-corrected chi connectivity index (χ0v) is 23.9. The van der Waals surface area contributed by atoms with Gasteiger partial charge in [0, 0.05) is 23.2 Å². The van der Waals surface area contributed by atoms with Crippen molar-refractivity contribution in [1.82, 2.24) is 9.80 Å². The molecule has 5 rings (SSSR count). The highest BCUT2D eigenvalue weighted by Gasteiger charge is 2.47. The normalized spacial score (nSPS) is 17.7. The molecule has 38 heavy (non-hydrogen) atoms. The maximum atomic E-state index is 13.4. The third-order valence-electron chi connectivity index (χ3n) is 7.99. The fourth-order valence-electron chi connectivity index (χ4n) is 5.72. The van der Waals surface area contributed by atoms with Crippen molar-refractivity contribution in [3.63, 3.8) is 0 Å². The van der Waals surface area contributed by atoms with E-state index in [2.05, 4.69) is 38.3 Å². The number of amides is 2. The number of benzene rings is 3. The summed E-state index contributed by atoms with van der Waals surface area (Å²) in [7, 11) is 0. The first-order chi connectivity index (χ1) is 18.0. The molecule has 0 aliphatic carbocycles. The van der Waals surface area contributed by atoms with Gasteiger partial charge < -0.3 is 15.1 Å². The fourth-order valence-corrected chi connectivity index (χ4v) is 5.98. The standard InChI is InChI=1S/C31H34BrN3O2.ClH/c32-26-13-11-24(12-14-26)23-35-22-18-31(30(35)37)16-20-34(21-17-31)19-15-28(25-7-3-1-4-8-25)29(36)33-27-9-5-2-6-10-27;/h1-14,28H,15-23H2,(H,33,36);1H. The summed E-state index contributed by atoms with van der Waals surface area (Å²) in [6, 6.07) is 27.9. The van der Waals surface area contributed by atoms with Gasteiger partial charge in [-0.3, -0.25) is 9.59 Å². The summed E-state index contributed by atoms with van der Waals surface area (Å²) >= 11 is 3.48. The maximum absolute atomic E-state index is 13.4. The molecule has 2 heterocycles. The first-order valence-corrected chi connectivity index (χ1v) is 14.0. The van der Waals surface area contributed by atoms with Gasteiger partial charge in [-0.1, -0.05) is 76.6 Å². The number of hydrogen-bond acceptors (Lipinski definition) is 3. The molecule has 1 N–H and O–H groups in total. The van der Waals surface area contributed by atoms with Crippen LogP contribution in [0.4, 0.5) is 5.69 Å². The Bertz CT molecular complexity index is 1200. The van der Waals surface area contributed by atoms with Gasteiger partial charge in [-0.05, 0) is 80.7 Å². The van der Waals surface area contributed by atoms with Gasteiger partial charge in [0.2, 0.25) is 11.8 Å². The number of anilines is 1. The minimum atomic E-state index is -0.216. The van der Waals surface area contributed by atoms with Crippen molar-refractivity contribution in [3.8, 4) is 0 Å². The van der Waals surface area contributed by atoms with E-state index in [0.29, 0.717) is 12.5 Å². The molecular weight excluding hydrogens is 562 g/mol. The molecule has 0 aromatic heterocycles. The van der Waals surface area contributed by atoms with Crippen molar-refractivity contribution in [2.24, 2.45) is 5.41 Å². The van der Waals surface area contributed by atoms with E-state index in [1.807, 2.05) is 77.7 Å². The number of nitrogens with zero attached hydrogens (tertiary/aromatic N) is 2. The minimum Gasteiger partial charge on any atom is -0.338 e. The van der Waals surface area contributed by atoms with E-state index in [0.717, 1.165) is 67.6 Å². The Labute approximate surface area is 240 Å². The number of piperidine rings is 1. The van der Waals surface area contributed by atoms with E-state index in [9.17, 15) is 9.59 Å². The van der Waals surface area contributed by atoms with Gasteiger partial charge in [0.15, 0.2) is 0 Å². The first-order valence-electron chi connectivity index (χ1n) is 13.2. The highest BCUT2D eigenvalue weighted by molar-refractivity contribution is 9.10. The van der Waals surface area contributed by atoms with Gasteiger partial charge in [0.25, 0.3) is 0 Å². The van der Waals surface area contributed by atoms with Crippen molar-refractivity contribution < 1.29 is 9.59 Å². The van der Waals surface area contributed by atoms with E-state index >= 15 is 0 Å². The van der Waals surface area contributed by atoms with Crippen LogP contribution in [0.1, 0.15) is 42.7 Å². The number of carbonyl (C=O) groups excluding carboxylic acids is 2. The molecule has 1 spiro atoms. The van der Waals surface area contributed by atoms with Gasteiger partial charge in [-0.2, -0.15) is 0 Å². The molecule has 1 atom stereocenters. The molecule has 3 aromatic carbocycles. The van der Waals surface area contributed by atoms with Crippen molar-refractivity contribution in [2.45, 2.75) is 38.1 Å². The van der Waals surface area contributed by atoms with Crippen LogP contribution in [-0.4, -0.2) is 47.8 Å². The van der Waals surface area contributed by atoms with Crippen LogP contribution >= 0.6 is 28.3 Å². The van der Waals surface area contributed by atoms with E-state index in [4.69, 9.17) is 0 Å². The molecule has 7 heteroatoms. The lowest BCUT2D eigenvalue weighted by atomic mass is 9.77. The molecule has 2 aliphatic heterocycles. The predicted octanol–water partition coefficient (Wildman–Crippen LogP) is 6.50. The van der Waals surface area contributed by atoms with Crippen LogP contribution in [-0.2, 0) is 16.1 Å². The molecule has 5 nitrogen and oxygen atoms in total. The Morgan fingerprint density at radius 2 is 1.47 bits per heavy atom. The molecule has 2 fully saturated rings. The average molecular weight is 597 g/mol. The third-order valence-corrected chi connectivity index (χ3v) is 8.52. The number of para-hydroxylation sites is 1.